The van der Waals surface area contributed by atoms with Crippen molar-refractivity contribution in [2.45, 2.75) is 12.5 Å². The highest BCUT2D eigenvalue weighted by Crippen LogP contribution is 2.18. The fraction of sp³-hybridized carbons (Fsp3) is 0.143. The van der Waals surface area contributed by atoms with Crippen molar-refractivity contribution in [3.63, 3.8) is 0 Å². The third-order valence-corrected chi connectivity index (χ3v) is 3.78. The van der Waals surface area contributed by atoms with E-state index >= 15 is 0 Å². The number of nitrogens with two attached hydrogens (primary N) is 1. The summed E-state index contributed by atoms with van der Waals surface area (Å²) >= 11 is 1.71. The molecule has 0 aliphatic carbocycles. The zero-order chi connectivity index (χ0) is 13.1. The van der Waals surface area contributed by atoms with Gasteiger partial charge in [0, 0.05) is 11.3 Å². The summed E-state index contributed by atoms with van der Waals surface area (Å²) < 4.78 is 0. The monoisotopic (exact) mass is 270 g/mol. The molecule has 96 valence electrons. The topological polar surface area (TPSA) is 56.7 Å². The Balaban J connectivity index is 1.78. The van der Waals surface area contributed by atoms with Gasteiger partial charge in [0.2, 0.25) is 0 Å². The minimum atomic E-state index is -0.115. The minimum absolute atomic E-state index is 0.115. The van der Waals surface area contributed by atoms with Gasteiger partial charge in [-0.05, 0) is 23.6 Å². The van der Waals surface area contributed by atoms with Gasteiger partial charge in [-0.2, -0.15) is 15.0 Å². The second kappa shape index (κ2) is 5.34. The summed E-state index contributed by atoms with van der Waals surface area (Å²) in [4.78, 5) is 2.88. The zero-order valence-electron chi connectivity index (χ0n) is 10.3. The smallest absolute Gasteiger partial charge is 0.100 e. The number of aromatic nitrogens is 3. The fourth-order valence-corrected chi connectivity index (χ4v) is 2.65. The highest BCUT2D eigenvalue weighted by atomic mass is 32.1. The molecule has 5 heteroatoms. The number of rotatable bonds is 4. The number of thiophene rings is 1. The lowest BCUT2D eigenvalue weighted by Crippen LogP contribution is -2.13. The van der Waals surface area contributed by atoms with E-state index in [0.717, 1.165) is 17.8 Å². The van der Waals surface area contributed by atoms with Crippen LogP contribution in [0.2, 0.25) is 0 Å². The molecule has 3 aromatic rings. The van der Waals surface area contributed by atoms with Gasteiger partial charge in [0.1, 0.15) is 5.69 Å². The van der Waals surface area contributed by atoms with Gasteiger partial charge in [-0.25, -0.2) is 0 Å². The number of benzene rings is 1. The first-order valence-corrected chi connectivity index (χ1v) is 6.96. The lowest BCUT2D eigenvalue weighted by molar-refractivity contribution is 0.670. The van der Waals surface area contributed by atoms with Crippen LogP contribution in [0.25, 0.3) is 5.69 Å². The highest BCUT2D eigenvalue weighted by molar-refractivity contribution is 7.09. The summed E-state index contributed by atoms with van der Waals surface area (Å²) in [7, 11) is 0. The van der Waals surface area contributed by atoms with Gasteiger partial charge in [-0.3, -0.25) is 0 Å². The Bertz CT molecular complexity index is 631. The maximum Gasteiger partial charge on any atom is 0.100 e. The Morgan fingerprint density at radius 1 is 1.16 bits per heavy atom. The summed E-state index contributed by atoms with van der Waals surface area (Å²) in [5.41, 5.74) is 7.93. The lowest BCUT2D eigenvalue weighted by Gasteiger charge is -2.05. The van der Waals surface area contributed by atoms with E-state index in [9.17, 15) is 0 Å². The SMILES string of the molecule is NC(Cc1cccs1)c1cnn(-c2ccccc2)n1. The van der Waals surface area contributed by atoms with E-state index in [2.05, 4.69) is 21.6 Å². The van der Waals surface area contributed by atoms with Crippen LogP contribution >= 0.6 is 11.3 Å². The van der Waals surface area contributed by atoms with Crippen LogP contribution in [0.5, 0.6) is 0 Å². The van der Waals surface area contributed by atoms with Crippen molar-refractivity contribution in [3.8, 4) is 5.69 Å². The first kappa shape index (κ1) is 12.1. The van der Waals surface area contributed by atoms with Crippen molar-refractivity contribution < 1.29 is 0 Å². The second-order valence-corrected chi connectivity index (χ2v) is 5.32. The van der Waals surface area contributed by atoms with E-state index in [4.69, 9.17) is 5.73 Å². The molecule has 0 radical (unpaired) electrons. The van der Waals surface area contributed by atoms with E-state index in [-0.39, 0.29) is 6.04 Å². The lowest BCUT2D eigenvalue weighted by atomic mass is 10.1. The molecule has 4 nitrogen and oxygen atoms in total. The van der Waals surface area contributed by atoms with Crippen LogP contribution in [0.15, 0.2) is 54.0 Å². The van der Waals surface area contributed by atoms with Gasteiger partial charge >= 0.3 is 0 Å². The van der Waals surface area contributed by atoms with Crippen LogP contribution in [0.3, 0.4) is 0 Å². The van der Waals surface area contributed by atoms with Crippen LogP contribution in [0.1, 0.15) is 16.6 Å². The Hall–Kier alpha value is -1.98. The van der Waals surface area contributed by atoms with Crippen molar-refractivity contribution in [1.82, 2.24) is 15.0 Å². The molecule has 0 aliphatic heterocycles. The van der Waals surface area contributed by atoms with Crippen molar-refractivity contribution >= 4 is 11.3 Å². The predicted molar refractivity (Wildman–Crippen MR) is 76.3 cm³/mol. The number of hydrogen-bond acceptors (Lipinski definition) is 4. The molecular weight excluding hydrogens is 256 g/mol. The molecular formula is C14H14N4S. The molecule has 2 N–H and O–H groups in total. The molecule has 0 fully saturated rings. The Labute approximate surface area is 115 Å². The van der Waals surface area contributed by atoms with Gasteiger partial charge in [0.05, 0.1) is 17.9 Å². The first-order valence-electron chi connectivity index (χ1n) is 6.08. The standard InChI is InChI=1S/C14H14N4S/c15-13(9-12-7-4-8-19-12)14-10-16-18(17-14)11-5-2-1-3-6-11/h1-8,10,13H,9,15H2. The minimum Gasteiger partial charge on any atom is -0.322 e. The van der Waals surface area contributed by atoms with Crippen LogP contribution in [-0.4, -0.2) is 15.0 Å². The molecule has 2 aromatic heterocycles. The van der Waals surface area contributed by atoms with Gasteiger partial charge in [-0.1, -0.05) is 24.3 Å². The first-order chi connectivity index (χ1) is 9.33. The van der Waals surface area contributed by atoms with Gasteiger partial charge in [0.15, 0.2) is 0 Å². The van der Waals surface area contributed by atoms with Crippen LogP contribution < -0.4 is 5.73 Å². The molecule has 0 aliphatic rings. The molecule has 0 amide bonds. The summed E-state index contributed by atoms with van der Waals surface area (Å²) in [5.74, 6) is 0. The third-order valence-electron chi connectivity index (χ3n) is 2.88. The zero-order valence-corrected chi connectivity index (χ0v) is 11.1. The second-order valence-electron chi connectivity index (χ2n) is 4.28. The van der Waals surface area contributed by atoms with Crippen molar-refractivity contribution in [2.75, 3.05) is 0 Å². The van der Waals surface area contributed by atoms with E-state index in [1.165, 1.54) is 4.88 Å². The van der Waals surface area contributed by atoms with Gasteiger partial charge in [-0.15, -0.1) is 11.3 Å². The maximum absolute atomic E-state index is 6.17. The Kier molecular flexibility index (Phi) is 3.39. The molecule has 1 aromatic carbocycles. The highest BCUT2D eigenvalue weighted by Gasteiger charge is 2.12. The van der Waals surface area contributed by atoms with Crippen molar-refractivity contribution in [3.05, 3.63) is 64.6 Å². The summed E-state index contributed by atoms with van der Waals surface area (Å²) in [6.45, 7) is 0. The Morgan fingerprint density at radius 2 is 2.00 bits per heavy atom. The molecule has 1 atom stereocenters. The van der Waals surface area contributed by atoms with Crippen molar-refractivity contribution in [1.29, 1.82) is 0 Å². The van der Waals surface area contributed by atoms with Crippen molar-refractivity contribution in [2.24, 2.45) is 5.73 Å². The summed E-state index contributed by atoms with van der Waals surface area (Å²) in [6.07, 6.45) is 2.54. The average molecular weight is 270 g/mol. The van der Waals surface area contributed by atoms with E-state index in [1.54, 1.807) is 22.3 Å². The maximum atomic E-state index is 6.17. The molecule has 0 saturated carbocycles. The van der Waals surface area contributed by atoms with Crippen LogP contribution in [0.4, 0.5) is 0 Å². The van der Waals surface area contributed by atoms with Crippen LogP contribution in [0, 0.1) is 0 Å². The number of para-hydroxylation sites is 1. The fourth-order valence-electron chi connectivity index (χ4n) is 1.88. The molecule has 0 bridgehead atoms. The third kappa shape index (κ3) is 2.72. The quantitative estimate of drug-likeness (QED) is 0.792. The van der Waals surface area contributed by atoms with E-state index in [0.29, 0.717) is 0 Å². The van der Waals surface area contributed by atoms with Crippen LogP contribution in [-0.2, 0) is 6.42 Å². The normalized spacial score (nSPS) is 12.5. The largest absolute Gasteiger partial charge is 0.322 e. The molecule has 0 saturated heterocycles. The Morgan fingerprint density at radius 3 is 2.74 bits per heavy atom. The van der Waals surface area contributed by atoms with Gasteiger partial charge < -0.3 is 5.73 Å². The molecule has 2 heterocycles. The van der Waals surface area contributed by atoms with Gasteiger partial charge in [0.25, 0.3) is 0 Å². The van der Waals surface area contributed by atoms with E-state index in [1.807, 2.05) is 36.4 Å². The number of nitrogens with zero attached hydrogens (tertiary/aromatic N) is 3. The predicted octanol–water partition coefficient (Wildman–Crippen LogP) is 2.57. The summed E-state index contributed by atoms with van der Waals surface area (Å²) in [5, 5.41) is 10.8. The average Bonchev–Trinajstić information content (AvgIpc) is 3.10. The molecule has 0 spiro atoms. The van der Waals surface area contributed by atoms with E-state index < -0.39 is 0 Å². The molecule has 3 rings (SSSR count). The summed E-state index contributed by atoms with van der Waals surface area (Å²) in [6, 6.07) is 13.8. The molecule has 19 heavy (non-hydrogen) atoms. The molecule has 1 unspecified atom stereocenters. The number of hydrogen-bond donors (Lipinski definition) is 1.